The molecule has 1 fully saturated rings. The van der Waals surface area contributed by atoms with E-state index in [9.17, 15) is 14.4 Å². The first-order valence-corrected chi connectivity index (χ1v) is 8.89. The van der Waals surface area contributed by atoms with Crippen LogP contribution in [0.5, 0.6) is 0 Å². The molecule has 2 atom stereocenters. The van der Waals surface area contributed by atoms with E-state index in [0.29, 0.717) is 5.75 Å². The maximum Gasteiger partial charge on any atom is 0.408 e. The predicted molar refractivity (Wildman–Crippen MR) is 93.5 cm³/mol. The number of methoxy groups -OCH3 is 1. The summed E-state index contributed by atoms with van der Waals surface area (Å²) in [6, 6.07) is 7.85. The van der Waals surface area contributed by atoms with Crippen LogP contribution in [0.3, 0.4) is 0 Å². The summed E-state index contributed by atoms with van der Waals surface area (Å²) in [5.41, 5.74) is 0.858. The number of esters is 1. The normalized spacial score (nSPS) is 18.2. The predicted octanol–water partition coefficient (Wildman–Crippen LogP) is 1.97. The van der Waals surface area contributed by atoms with Crippen LogP contribution >= 0.6 is 11.9 Å². The number of hydrogen-bond acceptors (Lipinski definition) is 6. The van der Waals surface area contributed by atoms with E-state index in [2.05, 4.69) is 5.32 Å². The number of ether oxygens (including phenoxy) is 2. The summed E-state index contributed by atoms with van der Waals surface area (Å²) < 4.78 is 11.3. The van der Waals surface area contributed by atoms with Gasteiger partial charge in [0.05, 0.1) is 7.11 Å². The highest BCUT2D eigenvalue weighted by molar-refractivity contribution is 7.98. The number of alkyl carbamates (subject to hydrolysis) is 1. The number of hydrogen-bond donors (Lipinski definition) is 1. The minimum atomic E-state index is -0.723. The van der Waals surface area contributed by atoms with Crippen LogP contribution in [0.2, 0.25) is 0 Å². The van der Waals surface area contributed by atoms with Crippen LogP contribution < -0.4 is 5.32 Å². The fraction of sp³-hybridized carbons (Fsp3) is 0.471. The van der Waals surface area contributed by atoms with Gasteiger partial charge < -0.3 is 14.8 Å². The van der Waals surface area contributed by atoms with Crippen LogP contribution in [0.1, 0.15) is 19.4 Å². The van der Waals surface area contributed by atoms with Gasteiger partial charge in [-0.15, -0.1) is 0 Å². The van der Waals surface area contributed by atoms with Gasteiger partial charge in [0, 0.05) is 5.75 Å². The summed E-state index contributed by atoms with van der Waals surface area (Å²) in [5.74, 6) is -0.555. The SMILES string of the molecule is COC(=O)C(C(C)C)N1SCC(NC(=O)OCc2ccccc2)C1=O. The van der Waals surface area contributed by atoms with E-state index in [0.717, 1.165) is 5.56 Å². The number of benzene rings is 1. The molecule has 1 aromatic rings. The Labute approximate surface area is 151 Å². The standard InChI is InChI=1S/C17H22N2O5S/c1-11(2)14(16(21)23-3)19-15(20)13(10-25-19)18-17(22)24-9-12-7-5-4-6-8-12/h4-8,11,13-14H,9-10H2,1-3H3,(H,18,22). The van der Waals surface area contributed by atoms with Crippen LogP contribution in [0.15, 0.2) is 30.3 Å². The van der Waals surface area contributed by atoms with Crippen LogP contribution in [0, 0.1) is 5.92 Å². The molecule has 1 aliphatic rings. The van der Waals surface area contributed by atoms with E-state index in [1.807, 2.05) is 44.2 Å². The molecule has 1 aliphatic heterocycles. The third-order valence-corrected chi connectivity index (χ3v) is 4.89. The Morgan fingerprint density at radius 3 is 2.60 bits per heavy atom. The van der Waals surface area contributed by atoms with Crippen molar-refractivity contribution < 1.29 is 23.9 Å². The Bertz CT molecular complexity index is 623. The Morgan fingerprint density at radius 1 is 1.32 bits per heavy atom. The number of nitrogens with zero attached hydrogens (tertiary/aromatic N) is 1. The molecule has 1 aromatic carbocycles. The lowest BCUT2D eigenvalue weighted by Crippen LogP contribution is -2.48. The molecule has 8 heteroatoms. The number of rotatable bonds is 6. The first kappa shape index (κ1) is 19.1. The maximum absolute atomic E-state index is 12.5. The van der Waals surface area contributed by atoms with Crippen molar-refractivity contribution in [1.82, 2.24) is 9.62 Å². The molecule has 2 unspecified atom stereocenters. The van der Waals surface area contributed by atoms with Gasteiger partial charge >= 0.3 is 12.1 Å². The van der Waals surface area contributed by atoms with Crippen molar-refractivity contribution in [3.05, 3.63) is 35.9 Å². The van der Waals surface area contributed by atoms with E-state index < -0.39 is 24.1 Å². The highest BCUT2D eigenvalue weighted by Gasteiger charge is 2.42. The third kappa shape index (κ3) is 4.88. The molecular weight excluding hydrogens is 344 g/mol. The number of nitrogens with one attached hydrogen (secondary N) is 1. The Morgan fingerprint density at radius 2 is 2.00 bits per heavy atom. The molecule has 0 aromatic heterocycles. The summed E-state index contributed by atoms with van der Waals surface area (Å²) in [4.78, 5) is 36.4. The van der Waals surface area contributed by atoms with Crippen molar-refractivity contribution in [1.29, 1.82) is 0 Å². The van der Waals surface area contributed by atoms with Crippen LogP contribution in [-0.2, 0) is 25.7 Å². The van der Waals surface area contributed by atoms with E-state index in [1.54, 1.807) is 0 Å². The summed E-state index contributed by atoms with van der Waals surface area (Å²) in [7, 11) is 1.29. The summed E-state index contributed by atoms with van der Waals surface area (Å²) in [5, 5.41) is 2.55. The van der Waals surface area contributed by atoms with Gasteiger partial charge in [-0.1, -0.05) is 44.2 Å². The smallest absolute Gasteiger partial charge is 0.408 e. The average Bonchev–Trinajstić information content (AvgIpc) is 2.94. The molecule has 1 saturated heterocycles. The number of carbonyl (C=O) groups excluding carboxylic acids is 3. The van der Waals surface area contributed by atoms with Gasteiger partial charge in [-0.2, -0.15) is 0 Å². The average molecular weight is 366 g/mol. The van der Waals surface area contributed by atoms with Gasteiger partial charge in [0.25, 0.3) is 5.91 Å². The molecular formula is C17H22N2O5S. The fourth-order valence-electron chi connectivity index (χ4n) is 2.43. The van der Waals surface area contributed by atoms with Crippen LogP contribution in [-0.4, -0.2) is 47.2 Å². The van der Waals surface area contributed by atoms with E-state index in [4.69, 9.17) is 9.47 Å². The number of carbonyl (C=O) groups is 3. The summed E-state index contributed by atoms with van der Waals surface area (Å²) in [6.07, 6.45) is -0.663. The molecule has 1 heterocycles. The lowest BCUT2D eigenvalue weighted by molar-refractivity contribution is -0.150. The largest absolute Gasteiger partial charge is 0.467 e. The van der Waals surface area contributed by atoms with E-state index in [-0.39, 0.29) is 18.4 Å². The molecule has 2 amide bonds. The Hall–Kier alpha value is -2.22. The number of amides is 2. The van der Waals surface area contributed by atoms with Crippen molar-refractivity contribution in [3.63, 3.8) is 0 Å². The van der Waals surface area contributed by atoms with Crippen LogP contribution in [0.4, 0.5) is 4.79 Å². The van der Waals surface area contributed by atoms with Gasteiger partial charge in [0.2, 0.25) is 0 Å². The first-order valence-electron chi connectivity index (χ1n) is 7.95. The minimum absolute atomic E-state index is 0.104. The second-order valence-corrected chi connectivity index (χ2v) is 6.92. The maximum atomic E-state index is 12.5. The molecule has 1 N–H and O–H groups in total. The molecule has 2 rings (SSSR count). The van der Waals surface area contributed by atoms with E-state index in [1.165, 1.54) is 23.4 Å². The van der Waals surface area contributed by atoms with Crippen molar-refractivity contribution in [2.45, 2.75) is 32.5 Å². The molecule has 0 bridgehead atoms. The Kier molecular flexibility index (Phi) is 6.69. The quantitative estimate of drug-likeness (QED) is 0.612. The zero-order valence-electron chi connectivity index (χ0n) is 14.4. The minimum Gasteiger partial charge on any atom is -0.467 e. The third-order valence-electron chi connectivity index (χ3n) is 3.73. The second-order valence-electron chi connectivity index (χ2n) is 5.93. The monoisotopic (exact) mass is 366 g/mol. The highest BCUT2D eigenvalue weighted by atomic mass is 32.2. The van der Waals surface area contributed by atoms with Crippen molar-refractivity contribution in [2.24, 2.45) is 5.92 Å². The summed E-state index contributed by atoms with van der Waals surface area (Å²) in [6.45, 7) is 3.80. The second kappa shape index (κ2) is 8.75. The molecule has 0 spiro atoms. The Balaban J connectivity index is 1.90. The van der Waals surface area contributed by atoms with Crippen LogP contribution in [0.25, 0.3) is 0 Å². The molecule has 7 nitrogen and oxygen atoms in total. The first-order chi connectivity index (χ1) is 11.9. The van der Waals surface area contributed by atoms with Crippen molar-refractivity contribution >= 4 is 29.9 Å². The summed E-state index contributed by atoms with van der Waals surface area (Å²) >= 11 is 1.21. The van der Waals surface area contributed by atoms with Crippen molar-refractivity contribution in [2.75, 3.05) is 12.9 Å². The lowest BCUT2D eigenvalue weighted by atomic mass is 10.0. The zero-order valence-corrected chi connectivity index (χ0v) is 15.2. The van der Waals surface area contributed by atoms with Gasteiger partial charge in [-0.3, -0.25) is 9.10 Å². The molecule has 0 saturated carbocycles. The zero-order chi connectivity index (χ0) is 18.4. The van der Waals surface area contributed by atoms with Gasteiger partial charge in [0.15, 0.2) is 0 Å². The van der Waals surface area contributed by atoms with Gasteiger partial charge in [-0.25, -0.2) is 9.59 Å². The topological polar surface area (TPSA) is 84.9 Å². The molecule has 136 valence electrons. The van der Waals surface area contributed by atoms with Crippen molar-refractivity contribution in [3.8, 4) is 0 Å². The molecule has 0 radical (unpaired) electrons. The van der Waals surface area contributed by atoms with E-state index >= 15 is 0 Å². The lowest BCUT2D eigenvalue weighted by Gasteiger charge is -2.27. The fourth-order valence-corrected chi connectivity index (χ4v) is 3.71. The molecule has 25 heavy (non-hydrogen) atoms. The highest BCUT2D eigenvalue weighted by Crippen LogP contribution is 2.29. The molecule has 0 aliphatic carbocycles. The van der Waals surface area contributed by atoms with Gasteiger partial charge in [0.1, 0.15) is 18.7 Å². The van der Waals surface area contributed by atoms with Gasteiger partial charge in [-0.05, 0) is 23.4 Å².